The van der Waals surface area contributed by atoms with E-state index in [2.05, 4.69) is 22.7 Å². The molecule has 0 bridgehead atoms. The lowest BCUT2D eigenvalue weighted by atomic mass is 9.97. The Balaban J connectivity index is 1.85. The van der Waals surface area contributed by atoms with Crippen molar-refractivity contribution in [2.24, 2.45) is 0 Å². The number of piperidine rings is 1. The molecule has 0 aromatic carbocycles. The fraction of sp³-hybridized carbons (Fsp3) is 0.769. The van der Waals surface area contributed by atoms with E-state index in [4.69, 9.17) is 4.98 Å². The summed E-state index contributed by atoms with van der Waals surface area (Å²) in [4.78, 5) is 7.14. The molecule has 3 heteroatoms. The second-order valence-electron chi connectivity index (χ2n) is 5.32. The number of likely N-dealkylation sites (tertiary alicyclic amines) is 1. The maximum atomic E-state index is 4.69. The molecule has 3 nitrogen and oxygen atoms in total. The Morgan fingerprint density at radius 3 is 3.06 bits per heavy atom. The lowest BCUT2D eigenvalue weighted by molar-refractivity contribution is 0.242. The Bertz CT molecular complexity index is 369. The molecule has 0 radical (unpaired) electrons. The average molecular weight is 219 g/mol. The van der Waals surface area contributed by atoms with Crippen LogP contribution < -0.4 is 0 Å². The van der Waals surface area contributed by atoms with Gasteiger partial charge in [-0.05, 0) is 45.7 Å². The summed E-state index contributed by atoms with van der Waals surface area (Å²) >= 11 is 0. The zero-order chi connectivity index (χ0) is 11.0. The van der Waals surface area contributed by atoms with Crippen molar-refractivity contribution in [3.8, 4) is 0 Å². The average Bonchev–Trinajstić information content (AvgIpc) is 2.72. The number of hydrogen-bond donors (Lipinski definition) is 0. The molecule has 1 saturated heterocycles. The van der Waals surface area contributed by atoms with Crippen LogP contribution in [0.25, 0.3) is 0 Å². The Kier molecular flexibility index (Phi) is 2.72. The van der Waals surface area contributed by atoms with E-state index in [9.17, 15) is 0 Å². The van der Waals surface area contributed by atoms with Gasteiger partial charge >= 0.3 is 0 Å². The molecule has 1 atom stereocenters. The van der Waals surface area contributed by atoms with E-state index >= 15 is 0 Å². The zero-order valence-corrected chi connectivity index (χ0v) is 10.2. The van der Waals surface area contributed by atoms with E-state index in [-0.39, 0.29) is 0 Å². The van der Waals surface area contributed by atoms with E-state index in [1.54, 1.807) is 0 Å². The molecular formula is C13H21N3. The van der Waals surface area contributed by atoms with Gasteiger partial charge in [0.1, 0.15) is 5.82 Å². The molecule has 16 heavy (non-hydrogen) atoms. The van der Waals surface area contributed by atoms with Crippen LogP contribution in [0.15, 0.2) is 6.20 Å². The molecule has 3 heterocycles. The Hall–Kier alpha value is -0.830. The summed E-state index contributed by atoms with van der Waals surface area (Å²) in [6.07, 6.45) is 8.66. The number of aryl methyl sites for hydroxylation is 1. The van der Waals surface area contributed by atoms with Crippen molar-refractivity contribution in [2.75, 3.05) is 20.1 Å². The van der Waals surface area contributed by atoms with Gasteiger partial charge in [0.05, 0.1) is 0 Å². The summed E-state index contributed by atoms with van der Waals surface area (Å²) in [6, 6.07) is 0. The number of aromatic nitrogens is 2. The van der Waals surface area contributed by atoms with Crippen molar-refractivity contribution in [1.82, 2.24) is 14.5 Å². The Labute approximate surface area is 97.5 Å². The van der Waals surface area contributed by atoms with Gasteiger partial charge in [-0.1, -0.05) is 0 Å². The van der Waals surface area contributed by atoms with Gasteiger partial charge in [-0.3, -0.25) is 0 Å². The fourth-order valence-electron chi connectivity index (χ4n) is 3.16. The first-order chi connectivity index (χ1) is 7.84. The number of likely N-dealkylation sites (N-methyl/N-ethyl adjacent to an activating group) is 1. The number of rotatable bonds is 1. The predicted octanol–water partition coefficient (Wildman–Crippen LogP) is 2.03. The maximum Gasteiger partial charge on any atom is 0.113 e. The lowest BCUT2D eigenvalue weighted by Crippen LogP contribution is -2.32. The third-order valence-corrected chi connectivity index (χ3v) is 4.02. The van der Waals surface area contributed by atoms with Gasteiger partial charge in [0.25, 0.3) is 0 Å². The summed E-state index contributed by atoms with van der Waals surface area (Å²) in [5.41, 5.74) is 1.47. The summed E-state index contributed by atoms with van der Waals surface area (Å²) < 4.78 is 2.49. The van der Waals surface area contributed by atoms with Crippen LogP contribution in [-0.2, 0) is 13.0 Å². The second-order valence-corrected chi connectivity index (χ2v) is 5.32. The van der Waals surface area contributed by atoms with Crippen LogP contribution in [0.4, 0.5) is 0 Å². The number of imidazole rings is 1. The van der Waals surface area contributed by atoms with Gasteiger partial charge in [-0.25, -0.2) is 4.98 Å². The molecule has 2 aliphatic rings. The zero-order valence-electron chi connectivity index (χ0n) is 10.2. The van der Waals surface area contributed by atoms with Gasteiger partial charge in [0.15, 0.2) is 0 Å². The van der Waals surface area contributed by atoms with Gasteiger partial charge in [-0.2, -0.15) is 0 Å². The van der Waals surface area contributed by atoms with Crippen LogP contribution in [0, 0.1) is 0 Å². The predicted molar refractivity (Wildman–Crippen MR) is 64.6 cm³/mol. The molecule has 0 N–H and O–H groups in total. The maximum absolute atomic E-state index is 4.69. The van der Waals surface area contributed by atoms with Crippen molar-refractivity contribution in [3.05, 3.63) is 17.7 Å². The summed E-state index contributed by atoms with van der Waals surface area (Å²) in [5, 5.41) is 0. The molecule has 0 saturated carbocycles. The van der Waals surface area contributed by atoms with Crippen molar-refractivity contribution in [3.63, 3.8) is 0 Å². The second kappa shape index (κ2) is 4.21. The Morgan fingerprint density at radius 2 is 2.19 bits per heavy atom. The molecule has 0 amide bonds. The highest BCUT2D eigenvalue weighted by atomic mass is 15.1. The minimum absolute atomic E-state index is 0.672. The lowest BCUT2D eigenvalue weighted by Gasteiger charge is -2.30. The highest BCUT2D eigenvalue weighted by Crippen LogP contribution is 2.28. The van der Waals surface area contributed by atoms with E-state index in [1.807, 2.05) is 0 Å². The highest BCUT2D eigenvalue weighted by Gasteiger charge is 2.24. The van der Waals surface area contributed by atoms with E-state index < -0.39 is 0 Å². The van der Waals surface area contributed by atoms with Crippen LogP contribution in [0.3, 0.4) is 0 Å². The van der Waals surface area contributed by atoms with Crippen LogP contribution >= 0.6 is 0 Å². The normalized spacial score (nSPS) is 26.7. The first kappa shape index (κ1) is 10.3. The van der Waals surface area contributed by atoms with Crippen molar-refractivity contribution >= 4 is 0 Å². The van der Waals surface area contributed by atoms with Crippen LogP contribution in [0.5, 0.6) is 0 Å². The highest BCUT2D eigenvalue weighted by molar-refractivity contribution is 5.12. The monoisotopic (exact) mass is 219 g/mol. The first-order valence-corrected chi connectivity index (χ1v) is 6.57. The molecular weight excluding hydrogens is 198 g/mol. The topological polar surface area (TPSA) is 21.1 Å². The minimum atomic E-state index is 0.672. The smallest absolute Gasteiger partial charge is 0.113 e. The van der Waals surface area contributed by atoms with Gasteiger partial charge in [-0.15, -0.1) is 0 Å². The summed E-state index contributed by atoms with van der Waals surface area (Å²) in [6.45, 7) is 3.64. The first-order valence-electron chi connectivity index (χ1n) is 6.57. The molecule has 0 aliphatic carbocycles. The molecule has 2 aliphatic heterocycles. The van der Waals surface area contributed by atoms with Crippen LogP contribution in [-0.4, -0.2) is 34.6 Å². The molecule has 1 aromatic rings. The molecule has 3 rings (SSSR count). The summed E-state index contributed by atoms with van der Waals surface area (Å²) in [7, 11) is 2.23. The van der Waals surface area contributed by atoms with E-state index in [1.165, 1.54) is 63.3 Å². The van der Waals surface area contributed by atoms with Crippen molar-refractivity contribution in [2.45, 2.75) is 44.6 Å². The molecule has 1 aromatic heterocycles. The van der Waals surface area contributed by atoms with Gasteiger partial charge < -0.3 is 9.47 Å². The Morgan fingerprint density at radius 1 is 1.25 bits per heavy atom. The molecule has 0 spiro atoms. The number of fused-ring (bicyclic) bond motifs is 1. The fourth-order valence-corrected chi connectivity index (χ4v) is 3.16. The summed E-state index contributed by atoms with van der Waals surface area (Å²) in [5.74, 6) is 2.03. The quantitative estimate of drug-likeness (QED) is 0.720. The number of hydrogen-bond acceptors (Lipinski definition) is 2. The SMILES string of the molecule is CN1CCCC(c2ncc3n2CCCC3)C1. The third kappa shape index (κ3) is 1.77. The third-order valence-electron chi connectivity index (χ3n) is 4.02. The minimum Gasteiger partial charge on any atom is -0.332 e. The largest absolute Gasteiger partial charge is 0.332 e. The molecule has 88 valence electrons. The van der Waals surface area contributed by atoms with Gasteiger partial charge in [0, 0.05) is 30.9 Å². The van der Waals surface area contributed by atoms with Gasteiger partial charge in [0.2, 0.25) is 0 Å². The van der Waals surface area contributed by atoms with E-state index in [0.717, 1.165) is 0 Å². The molecule has 1 fully saturated rings. The van der Waals surface area contributed by atoms with Crippen molar-refractivity contribution < 1.29 is 0 Å². The standard InChI is InChI=1S/C13H21N3/c1-15-7-4-5-11(10-15)13-14-9-12-6-2-3-8-16(12)13/h9,11H,2-8,10H2,1H3. The van der Waals surface area contributed by atoms with Crippen molar-refractivity contribution in [1.29, 1.82) is 0 Å². The van der Waals surface area contributed by atoms with E-state index in [0.29, 0.717) is 5.92 Å². The number of nitrogens with zero attached hydrogens (tertiary/aromatic N) is 3. The van der Waals surface area contributed by atoms with Crippen LogP contribution in [0.1, 0.15) is 43.1 Å². The van der Waals surface area contributed by atoms with Crippen LogP contribution in [0.2, 0.25) is 0 Å². The molecule has 1 unspecified atom stereocenters.